The summed E-state index contributed by atoms with van der Waals surface area (Å²) in [6.07, 6.45) is 0. The van der Waals surface area contributed by atoms with E-state index in [1.807, 2.05) is 0 Å². The second-order valence-electron chi connectivity index (χ2n) is 16.0. The Morgan fingerprint density at radius 1 is 0.344 bits per heavy atom. The van der Waals surface area contributed by atoms with Gasteiger partial charge in [-0.05, 0) is 104 Å². The molecule has 1 aliphatic rings. The highest BCUT2D eigenvalue weighted by molar-refractivity contribution is 6.15. The molecule has 0 amide bonds. The first-order valence-electron chi connectivity index (χ1n) is 21.0. The molecule has 0 radical (unpaired) electrons. The van der Waals surface area contributed by atoms with Crippen molar-refractivity contribution in [3.05, 3.63) is 259 Å². The van der Waals surface area contributed by atoms with E-state index in [2.05, 4.69) is 241 Å². The van der Waals surface area contributed by atoms with Gasteiger partial charge in [-0.15, -0.1) is 0 Å². The van der Waals surface area contributed by atoms with Crippen LogP contribution >= 0.6 is 0 Å². The lowest BCUT2D eigenvalue weighted by Gasteiger charge is -2.35. The third-order valence-corrected chi connectivity index (χ3v) is 12.8. The predicted octanol–water partition coefficient (Wildman–Crippen LogP) is 15.9. The van der Waals surface area contributed by atoms with Crippen molar-refractivity contribution in [3.63, 3.8) is 0 Å². The van der Waals surface area contributed by atoms with E-state index in [9.17, 15) is 0 Å². The van der Waals surface area contributed by atoms with Crippen molar-refractivity contribution in [3.8, 4) is 33.4 Å². The Bertz CT molecular complexity index is 3360. The Kier molecular flexibility index (Phi) is 8.11. The molecule has 1 aliphatic carbocycles. The highest BCUT2D eigenvalue weighted by atomic mass is 16.3. The summed E-state index contributed by atoms with van der Waals surface area (Å²) in [7, 11) is 0. The van der Waals surface area contributed by atoms with E-state index in [4.69, 9.17) is 4.42 Å². The minimum Gasteiger partial charge on any atom is -0.455 e. The van der Waals surface area contributed by atoms with Crippen LogP contribution in [0.2, 0.25) is 0 Å². The molecule has 2 heteroatoms. The monoisotopic (exact) mass is 777 g/mol. The van der Waals surface area contributed by atoms with Crippen molar-refractivity contribution >= 4 is 49.8 Å². The van der Waals surface area contributed by atoms with Crippen LogP contribution in [0.4, 0.5) is 17.1 Å². The molecule has 0 unspecified atom stereocenters. The molecule has 10 aromatic carbocycles. The number of para-hydroxylation sites is 1. The molecule has 0 N–H and O–H groups in total. The molecular weight excluding hydrogens is 739 g/mol. The van der Waals surface area contributed by atoms with Crippen LogP contribution in [0.15, 0.2) is 241 Å². The quantitative estimate of drug-likeness (QED) is 0.160. The number of furan rings is 1. The summed E-state index contributed by atoms with van der Waals surface area (Å²) in [5, 5.41) is 4.54. The standard InChI is InChI=1S/C59H39NO/c1-4-16-40(17-5-1)41-28-32-46(33-29-41)60(56-27-15-13-23-48(56)43-31-37-57-53(38-43)52-35-30-42-18-10-11-24-49(42)58(52)61-57)47-34-36-51-50-25-12-14-26-54(50)59(55(51)39-47,44-19-6-2-7-20-44)45-21-8-3-9-22-45/h1-39H. The normalized spacial score (nSPS) is 12.7. The Morgan fingerprint density at radius 2 is 0.934 bits per heavy atom. The van der Waals surface area contributed by atoms with Gasteiger partial charge in [0.2, 0.25) is 0 Å². The topological polar surface area (TPSA) is 16.4 Å². The van der Waals surface area contributed by atoms with Gasteiger partial charge in [0.15, 0.2) is 0 Å². The third kappa shape index (κ3) is 5.50. The smallest absolute Gasteiger partial charge is 0.143 e. The summed E-state index contributed by atoms with van der Waals surface area (Å²) >= 11 is 0. The first-order valence-corrected chi connectivity index (χ1v) is 21.0. The molecule has 0 aliphatic heterocycles. The van der Waals surface area contributed by atoms with Crippen molar-refractivity contribution in [1.29, 1.82) is 0 Å². The van der Waals surface area contributed by atoms with Crippen LogP contribution in [0, 0.1) is 0 Å². The maximum atomic E-state index is 6.57. The van der Waals surface area contributed by atoms with E-state index in [-0.39, 0.29) is 0 Å². The van der Waals surface area contributed by atoms with Gasteiger partial charge in [0.05, 0.1) is 11.1 Å². The van der Waals surface area contributed by atoms with Gasteiger partial charge < -0.3 is 9.32 Å². The molecule has 2 nitrogen and oxygen atoms in total. The van der Waals surface area contributed by atoms with Gasteiger partial charge in [0, 0.05) is 33.1 Å². The number of benzene rings is 10. The second kappa shape index (κ2) is 14.1. The Labute approximate surface area is 355 Å². The van der Waals surface area contributed by atoms with Gasteiger partial charge in [-0.2, -0.15) is 0 Å². The highest BCUT2D eigenvalue weighted by Crippen LogP contribution is 2.57. The number of rotatable bonds is 7. The largest absolute Gasteiger partial charge is 0.455 e. The van der Waals surface area contributed by atoms with Crippen molar-refractivity contribution in [2.45, 2.75) is 5.41 Å². The van der Waals surface area contributed by atoms with Gasteiger partial charge in [-0.25, -0.2) is 0 Å². The Balaban J connectivity index is 1.09. The van der Waals surface area contributed by atoms with E-state index in [0.29, 0.717) is 0 Å². The molecule has 1 heterocycles. The summed E-state index contributed by atoms with van der Waals surface area (Å²) in [5.74, 6) is 0. The van der Waals surface area contributed by atoms with Crippen molar-refractivity contribution in [2.75, 3.05) is 4.90 Å². The summed E-state index contributed by atoms with van der Waals surface area (Å²) < 4.78 is 6.57. The lowest BCUT2D eigenvalue weighted by molar-refractivity contribution is 0.672. The van der Waals surface area contributed by atoms with Gasteiger partial charge in [0.1, 0.15) is 11.2 Å². The first kappa shape index (κ1) is 35.0. The molecule has 11 aromatic rings. The van der Waals surface area contributed by atoms with Crippen LogP contribution in [0.25, 0.3) is 66.1 Å². The fourth-order valence-electron chi connectivity index (χ4n) is 10.0. The van der Waals surface area contributed by atoms with Gasteiger partial charge in [0.25, 0.3) is 0 Å². The number of nitrogens with zero attached hydrogens (tertiary/aromatic N) is 1. The minimum absolute atomic E-state index is 0.523. The van der Waals surface area contributed by atoms with Crippen LogP contribution in [-0.4, -0.2) is 0 Å². The molecule has 12 rings (SSSR count). The average molecular weight is 778 g/mol. The summed E-state index contributed by atoms with van der Waals surface area (Å²) in [6, 6.07) is 86.1. The van der Waals surface area contributed by atoms with Crippen LogP contribution in [0.1, 0.15) is 22.3 Å². The highest BCUT2D eigenvalue weighted by Gasteiger charge is 2.46. The van der Waals surface area contributed by atoms with Crippen LogP contribution < -0.4 is 4.90 Å². The summed E-state index contributed by atoms with van der Waals surface area (Å²) in [4.78, 5) is 2.44. The Morgan fingerprint density at radius 3 is 1.70 bits per heavy atom. The molecular formula is C59H39NO. The molecule has 0 bridgehead atoms. The van der Waals surface area contributed by atoms with E-state index in [1.165, 1.54) is 49.9 Å². The minimum atomic E-state index is -0.523. The predicted molar refractivity (Wildman–Crippen MR) is 254 cm³/mol. The fraction of sp³-hybridized carbons (Fsp3) is 0.0169. The number of anilines is 3. The van der Waals surface area contributed by atoms with E-state index < -0.39 is 5.41 Å². The number of hydrogen-bond acceptors (Lipinski definition) is 2. The fourth-order valence-corrected chi connectivity index (χ4v) is 10.0. The maximum absolute atomic E-state index is 6.57. The number of hydrogen-bond donors (Lipinski definition) is 0. The van der Waals surface area contributed by atoms with Crippen LogP contribution in [0.5, 0.6) is 0 Å². The van der Waals surface area contributed by atoms with E-state index in [0.717, 1.165) is 55.5 Å². The Hall–Kier alpha value is -7.94. The van der Waals surface area contributed by atoms with Crippen molar-refractivity contribution in [1.82, 2.24) is 0 Å². The van der Waals surface area contributed by atoms with Crippen LogP contribution in [-0.2, 0) is 5.41 Å². The molecule has 0 fully saturated rings. The zero-order valence-corrected chi connectivity index (χ0v) is 33.4. The molecule has 61 heavy (non-hydrogen) atoms. The van der Waals surface area contributed by atoms with E-state index in [1.54, 1.807) is 0 Å². The van der Waals surface area contributed by atoms with Crippen molar-refractivity contribution in [2.24, 2.45) is 0 Å². The van der Waals surface area contributed by atoms with Gasteiger partial charge >= 0.3 is 0 Å². The average Bonchev–Trinajstić information content (AvgIpc) is 3.86. The molecule has 0 atom stereocenters. The van der Waals surface area contributed by atoms with Crippen molar-refractivity contribution < 1.29 is 4.42 Å². The van der Waals surface area contributed by atoms with E-state index >= 15 is 0 Å². The zero-order valence-electron chi connectivity index (χ0n) is 33.4. The molecule has 0 spiro atoms. The summed E-state index contributed by atoms with van der Waals surface area (Å²) in [6.45, 7) is 0. The third-order valence-electron chi connectivity index (χ3n) is 12.8. The second-order valence-corrected chi connectivity index (χ2v) is 16.0. The van der Waals surface area contributed by atoms with Gasteiger partial charge in [-0.3, -0.25) is 0 Å². The molecule has 0 saturated carbocycles. The SMILES string of the molecule is c1ccc(-c2ccc(N(c3ccc4c(c3)C(c3ccccc3)(c3ccccc3)c3ccccc3-4)c3ccccc3-c3ccc4oc5c6ccccc6ccc5c4c3)cc2)cc1. The first-order chi connectivity index (χ1) is 30.3. The maximum Gasteiger partial charge on any atom is 0.143 e. The summed E-state index contributed by atoms with van der Waals surface area (Å²) in [5.41, 5.74) is 16.8. The molecule has 286 valence electrons. The van der Waals surface area contributed by atoms with Gasteiger partial charge in [-0.1, -0.05) is 188 Å². The molecule has 0 saturated heterocycles. The molecule has 1 aromatic heterocycles. The lowest BCUT2D eigenvalue weighted by atomic mass is 9.67. The zero-order chi connectivity index (χ0) is 40.3. The van der Waals surface area contributed by atoms with Crippen LogP contribution in [0.3, 0.4) is 0 Å². The lowest BCUT2D eigenvalue weighted by Crippen LogP contribution is -2.28. The number of fused-ring (bicyclic) bond motifs is 8.